The van der Waals surface area contributed by atoms with Gasteiger partial charge in [0.2, 0.25) is 0 Å². The van der Waals surface area contributed by atoms with Gasteiger partial charge in [-0.25, -0.2) is 4.98 Å². The highest BCUT2D eigenvalue weighted by atomic mass is 15.0. The van der Waals surface area contributed by atoms with Crippen LogP contribution < -0.4 is 0 Å². The van der Waals surface area contributed by atoms with Crippen LogP contribution in [0, 0.1) is 6.92 Å². The summed E-state index contributed by atoms with van der Waals surface area (Å²) in [4.78, 5) is 7.45. The number of imidazole rings is 1. The molecule has 0 amide bonds. The highest BCUT2D eigenvalue weighted by molar-refractivity contribution is 5.77. The van der Waals surface area contributed by atoms with Gasteiger partial charge in [0.25, 0.3) is 0 Å². The molecule has 0 atom stereocenters. The Morgan fingerprint density at radius 3 is 2.94 bits per heavy atom. The fourth-order valence-corrected chi connectivity index (χ4v) is 2.67. The summed E-state index contributed by atoms with van der Waals surface area (Å²) >= 11 is 0. The number of nitrogens with one attached hydrogen (secondary N) is 1. The number of hydrogen-bond acceptors (Lipinski definition) is 1. The van der Waals surface area contributed by atoms with E-state index in [0.717, 1.165) is 17.0 Å². The average Bonchev–Trinajstić information content (AvgIpc) is 2.99. The summed E-state index contributed by atoms with van der Waals surface area (Å²) in [6.45, 7) is 2.17. The molecular weight excluding hydrogens is 222 g/mol. The standard InChI is InChI=1S/C15H15N3/c1-10-2-7-15(11-3-4-11)18(10)12-5-6-13-14(8-12)17-9-16-13/h2,5-9,11H,3-4H2,1H3,(H,16,17). The molecule has 0 aliphatic heterocycles. The molecule has 0 saturated heterocycles. The predicted octanol–water partition coefficient (Wildman–Crippen LogP) is 3.54. The molecule has 90 valence electrons. The summed E-state index contributed by atoms with van der Waals surface area (Å²) in [7, 11) is 0. The van der Waals surface area contributed by atoms with Gasteiger partial charge in [0.15, 0.2) is 0 Å². The minimum atomic E-state index is 0.760. The first-order chi connectivity index (χ1) is 8.83. The van der Waals surface area contributed by atoms with Crippen molar-refractivity contribution in [2.45, 2.75) is 25.7 Å². The quantitative estimate of drug-likeness (QED) is 0.726. The molecule has 1 aliphatic carbocycles. The molecule has 0 unspecified atom stereocenters. The molecule has 0 spiro atoms. The van der Waals surface area contributed by atoms with Crippen LogP contribution in [0.5, 0.6) is 0 Å². The zero-order valence-corrected chi connectivity index (χ0v) is 10.4. The van der Waals surface area contributed by atoms with Crippen LogP contribution in [-0.2, 0) is 0 Å². The van der Waals surface area contributed by atoms with Gasteiger partial charge in [-0.2, -0.15) is 0 Å². The normalized spacial score (nSPS) is 15.4. The van der Waals surface area contributed by atoms with Crippen LogP contribution in [0.25, 0.3) is 16.7 Å². The first kappa shape index (κ1) is 9.95. The summed E-state index contributed by atoms with van der Waals surface area (Å²) in [6.07, 6.45) is 4.41. The lowest BCUT2D eigenvalue weighted by molar-refractivity contribution is 0.898. The highest BCUT2D eigenvalue weighted by Gasteiger charge is 2.27. The van der Waals surface area contributed by atoms with Gasteiger partial charge in [-0.3, -0.25) is 0 Å². The molecule has 3 aromatic rings. The van der Waals surface area contributed by atoms with Gasteiger partial charge in [-0.15, -0.1) is 0 Å². The number of aromatic amines is 1. The van der Waals surface area contributed by atoms with Gasteiger partial charge in [-0.1, -0.05) is 0 Å². The molecule has 2 heterocycles. The minimum absolute atomic E-state index is 0.760. The zero-order valence-electron chi connectivity index (χ0n) is 10.4. The maximum absolute atomic E-state index is 4.27. The Kier molecular flexibility index (Phi) is 1.92. The van der Waals surface area contributed by atoms with Crippen molar-refractivity contribution in [3.05, 3.63) is 48.0 Å². The van der Waals surface area contributed by atoms with E-state index in [9.17, 15) is 0 Å². The molecule has 1 aromatic carbocycles. The van der Waals surface area contributed by atoms with Crippen molar-refractivity contribution in [1.82, 2.24) is 14.5 Å². The molecule has 1 N–H and O–H groups in total. The van der Waals surface area contributed by atoms with Gasteiger partial charge < -0.3 is 9.55 Å². The van der Waals surface area contributed by atoms with Crippen molar-refractivity contribution in [3.63, 3.8) is 0 Å². The van der Waals surface area contributed by atoms with Crippen molar-refractivity contribution in [2.75, 3.05) is 0 Å². The minimum Gasteiger partial charge on any atom is -0.345 e. The largest absolute Gasteiger partial charge is 0.345 e. The molecule has 1 fully saturated rings. The topological polar surface area (TPSA) is 33.6 Å². The lowest BCUT2D eigenvalue weighted by atomic mass is 10.2. The summed E-state index contributed by atoms with van der Waals surface area (Å²) in [5.74, 6) is 0.760. The van der Waals surface area contributed by atoms with E-state index in [1.807, 2.05) is 0 Å². The van der Waals surface area contributed by atoms with E-state index in [1.165, 1.54) is 29.9 Å². The summed E-state index contributed by atoms with van der Waals surface area (Å²) in [5.41, 5.74) is 6.11. The second-order valence-electron chi connectivity index (χ2n) is 5.11. The summed E-state index contributed by atoms with van der Waals surface area (Å²) in [5, 5.41) is 0. The van der Waals surface area contributed by atoms with Gasteiger partial charge in [0, 0.05) is 17.1 Å². The Bertz CT molecular complexity index is 716. The highest BCUT2D eigenvalue weighted by Crippen LogP contribution is 2.41. The van der Waals surface area contributed by atoms with E-state index in [4.69, 9.17) is 0 Å². The van der Waals surface area contributed by atoms with Gasteiger partial charge >= 0.3 is 0 Å². The van der Waals surface area contributed by atoms with Crippen LogP contribution >= 0.6 is 0 Å². The third-order valence-electron chi connectivity index (χ3n) is 3.76. The lowest BCUT2D eigenvalue weighted by Crippen LogP contribution is -2.00. The van der Waals surface area contributed by atoms with E-state index in [0.29, 0.717) is 0 Å². The molecule has 1 saturated carbocycles. The maximum atomic E-state index is 4.27. The van der Waals surface area contributed by atoms with Crippen molar-refractivity contribution in [3.8, 4) is 5.69 Å². The van der Waals surface area contributed by atoms with Crippen LogP contribution in [0.1, 0.15) is 30.1 Å². The molecule has 0 bridgehead atoms. The second-order valence-corrected chi connectivity index (χ2v) is 5.11. The molecule has 0 radical (unpaired) electrons. The molecule has 3 heteroatoms. The molecule has 3 nitrogen and oxygen atoms in total. The van der Waals surface area contributed by atoms with Crippen LogP contribution in [0.2, 0.25) is 0 Å². The third-order valence-corrected chi connectivity index (χ3v) is 3.76. The van der Waals surface area contributed by atoms with Gasteiger partial charge in [0.05, 0.1) is 17.4 Å². The number of H-pyrrole nitrogens is 1. The SMILES string of the molecule is Cc1ccc(C2CC2)n1-c1ccc2nc[nH]c2c1. The number of fused-ring (bicyclic) bond motifs is 1. The monoisotopic (exact) mass is 237 g/mol. The van der Waals surface area contributed by atoms with Crippen molar-refractivity contribution < 1.29 is 0 Å². The average molecular weight is 237 g/mol. The number of rotatable bonds is 2. The number of hydrogen-bond donors (Lipinski definition) is 1. The van der Waals surface area contributed by atoms with Crippen molar-refractivity contribution in [1.29, 1.82) is 0 Å². The smallest absolute Gasteiger partial charge is 0.0931 e. The van der Waals surface area contributed by atoms with Crippen LogP contribution in [0.3, 0.4) is 0 Å². The number of aromatic nitrogens is 3. The van der Waals surface area contributed by atoms with Crippen LogP contribution in [-0.4, -0.2) is 14.5 Å². The molecule has 4 rings (SSSR count). The third kappa shape index (κ3) is 1.40. The molecule has 1 aliphatic rings. The second kappa shape index (κ2) is 3.48. The molecule has 18 heavy (non-hydrogen) atoms. The fourth-order valence-electron chi connectivity index (χ4n) is 2.67. The van der Waals surface area contributed by atoms with Crippen LogP contribution in [0.4, 0.5) is 0 Å². The summed E-state index contributed by atoms with van der Waals surface area (Å²) < 4.78 is 2.37. The number of aryl methyl sites for hydroxylation is 1. The van der Waals surface area contributed by atoms with E-state index < -0.39 is 0 Å². The van der Waals surface area contributed by atoms with Crippen LogP contribution in [0.15, 0.2) is 36.7 Å². The van der Waals surface area contributed by atoms with E-state index >= 15 is 0 Å². The first-order valence-electron chi connectivity index (χ1n) is 6.45. The van der Waals surface area contributed by atoms with Gasteiger partial charge in [0.1, 0.15) is 0 Å². The van der Waals surface area contributed by atoms with Gasteiger partial charge in [-0.05, 0) is 56.0 Å². The Labute approximate surface area is 105 Å². The number of nitrogens with zero attached hydrogens (tertiary/aromatic N) is 2. The lowest BCUT2D eigenvalue weighted by Gasteiger charge is -2.11. The predicted molar refractivity (Wildman–Crippen MR) is 72.1 cm³/mol. The summed E-state index contributed by atoms with van der Waals surface area (Å²) in [6, 6.07) is 10.9. The maximum Gasteiger partial charge on any atom is 0.0931 e. The first-order valence-corrected chi connectivity index (χ1v) is 6.45. The Morgan fingerprint density at radius 2 is 2.11 bits per heavy atom. The number of benzene rings is 1. The van der Waals surface area contributed by atoms with Crippen molar-refractivity contribution in [2.24, 2.45) is 0 Å². The molecule has 2 aromatic heterocycles. The van der Waals surface area contributed by atoms with E-state index in [1.54, 1.807) is 6.33 Å². The Balaban J connectivity index is 1.92. The Hall–Kier alpha value is -2.03. The molecular formula is C15H15N3. The van der Waals surface area contributed by atoms with E-state index in [-0.39, 0.29) is 0 Å². The fraction of sp³-hybridized carbons (Fsp3) is 0.267. The zero-order chi connectivity index (χ0) is 12.1. The van der Waals surface area contributed by atoms with Crippen molar-refractivity contribution >= 4 is 11.0 Å². The van der Waals surface area contributed by atoms with E-state index in [2.05, 4.69) is 51.8 Å². The Morgan fingerprint density at radius 1 is 1.22 bits per heavy atom.